The molecule has 0 radical (unpaired) electrons. The van der Waals surface area contributed by atoms with Crippen LogP contribution in [0.5, 0.6) is 0 Å². The maximum Gasteiger partial charge on any atom is -0.00403 e. The summed E-state index contributed by atoms with van der Waals surface area (Å²) in [5, 5.41) is 0. The first kappa shape index (κ1) is 14.0. The van der Waals surface area contributed by atoms with E-state index in [1.54, 1.807) is 0 Å². The second-order valence-electron chi connectivity index (χ2n) is 3.51. The molecule has 4 heteroatoms. The molecule has 1 rings (SSSR count). The molecule has 0 aromatic heterocycles. The van der Waals surface area contributed by atoms with E-state index in [9.17, 15) is 0 Å². The summed E-state index contributed by atoms with van der Waals surface area (Å²) in [6.07, 6.45) is 0. The molecule has 0 aliphatic heterocycles. The second kappa shape index (κ2) is 4.51. The average molecular weight is 201 g/mol. The van der Waals surface area contributed by atoms with E-state index in [4.69, 9.17) is 11.5 Å². The molecule has 2 atom stereocenters. The van der Waals surface area contributed by atoms with Crippen molar-refractivity contribution in [3.8, 4) is 0 Å². The van der Waals surface area contributed by atoms with Gasteiger partial charge in [-0.1, -0.05) is 13.8 Å². The van der Waals surface area contributed by atoms with E-state index in [1.807, 2.05) is 0 Å². The van der Waals surface area contributed by atoms with Gasteiger partial charge < -0.3 is 11.5 Å². The second-order valence-corrected chi connectivity index (χ2v) is 3.51. The summed E-state index contributed by atoms with van der Waals surface area (Å²) < 4.78 is 0. The summed E-state index contributed by atoms with van der Waals surface area (Å²) in [6.45, 7) is 6.08. The molecule has 4 N–H and O–H groups in total. The quantitative estimate of drug-likeness (QED) is 0.700. The van der Waals surface area contributed by atoms with Gasteiger partial charge in [0.05, 0.1) is 0 Å². The molecule has 0 amide bonds. The van der Waals surface area contributed by atoms with Gasteiger partial charge in [0.1, 0.15) is 0 Å². The third-order valence-electron chi connectivity index (χ3n) is 2.80. The van der Waals surface area contributed by atoms with E-state index in [1.165, 1.54) is 0 Å². The lowest BCUT2D eigenvalue weighted by Crippen LogP contribution is -2.08. The van der Waals surface area contributed by atoms with Gasteiger partial charge >= 0.3 is 0 Å². The molecule has 11 heavy (non-hydrogen) atoms. The third-order valence-corrected chi connectivity index (χ3v) is 2.80. The first-order valence-corrected chi connectivity index (χ1v) is 3.54. The van der Waals surface area contributed by atoms with Crippen LogP contribution in [0.15, 0.2) is 0 Å². The van der Waals surface area contributed by atoms with E-state index in [-0.39, 0.29) is 24.8 Å². The summed E-state index contributed by atoms with van der Waals surface area (Å²) in [4.78, 5) is 0. The van der Waals surface area contributed by atoms with E-state index < -0.39 is 0 Å². The first-order chi connectivity index (χ1) is 4.14. The number of rotatable bonds is 2. The Kier molecular flexibility index (Phi) is 5.76. The molecule has 0 aromatic carbocycles. The Labute approximate surface area is 80.9 Å². The minimum absolute atomic E-state index is 0. The molecule has 1 saturated carbocycles. The van der Waals surface area contributed by atoms with Crippen molar-refractivity contribution >= 4 is 24.8 Å². The van der Waals surface area contributed by atoms with Crippen molar-refractivity contribution in [2.24, 2.45) is 28.7 Å². The Bertz CT molecular complexity index is 105. The minimum atomic E-state index is 0. The Morgan fingerprint density at radius 3 is 1.36 bits per heavy atom. The summed E-state index contributed by atoms with van der Waals surface area (Å²) in [5.41, 5.74) is 11.5. The predicted molar refractivity (Wildman–Crippen MR) is 53.4 cm³/mol. The Morgan fingerprint density at radius 2 is 1.27 bits per heavy atom. The first-order valence-electron chi connectivity index (χ1n) is 3.54. The fourth-order valence-corrected chi connectivity index (χ4v) is 1.79. The molecule has 2 nitrogen and oxygen atoms in total. The van der Waals surface area contributed by atoms with Gasteiger partial charge in [0.15, 0.2) is 0 Å². The molecule has 1 aliphatic carbocycles. The van der Waals surface area contributed by atoms with Gasteiger partial charge in [-0.05, 0) is 30.3 Å². The molecular weight excluding hydrogens is 183 g/mol. The van der Waals surface area contributed by atoms with Gasteiger partial charge in [-0.25, -0.2) is 0 Å². The molecular formula is C7H18Cl2N2. The van der Waals surface area contributed by atoms with Crippen LogP contribution < -0.4 is 11.5 Å². The highest BCUT2D eigenvalue weighted by Gasteiger charge is 2.55. The molecule has 0 bridgehead atoms. The van der Waals surface area contributed by atoms with Crippen LogP contribution in [0.4, 0.5) is 0 Å². The largest absolute Gasteiger partial charge is 0.330 e. The number of hydrogen-bond donors (Lipinski definition) is 2. The fraction of sp³-hybridized carbons (Fsp3) is 1.00. The topological polar surface area (TPSA) is 52.0 Å². The van der Waals surface area contributed by atoms with Crippen molar-refractivity contribution < 1.29 is 0 Å². The summed E-state index contributed by atoms with van der Waals surface area (Å²) in [5.74, 6) is 1.37. The summed E-state index contributed by atoms with van der Waals surface area (Å²) >= 11 is 0. The van der Waals surface area contributed by atoms with Crippen LogP contribution in [0.1, 0.15) is 13.8 Å². The molecule has 1 aliphatic rings. The highest BCUT2D eigenvalue weighted by atomic mass is 35.5. The molecule has 0 saturated heterocycles. The van der Waals surface area contributed by atoms with Gasteiger partial charge in [-0.3, -0.25) is 0 Å². The minimum Gasteiger partial charge on any atom is -0.330 e. The van der Waals surface area contributed by atoms with E-state index in [0.717, 1.165) is 13.1 Å². The zero-order chi connectivity index (χ0) is 7.07. The number of halogens is 2. The van der Waals surface area contributed by atoms with Gasteiger partial charge in [0.25, 0.3) is 0 Å². The van der Waals surface area contributed by atoms with Crippen LogP contribution in [-0.2, 0) is 0 Å². The third kappa shape index (κ3) is 2.22. The maximum absolute atomic E-state index is 5.52. The monoisotopic (exact) mass is 200 g/mol. The number of nitrogens with two attached hydrogens (primary N) is 2. The molecule has 0 unspecified atom stereocenters. The smallest absolute Gasteiger partial charge is 0.00403 e. The van der Waals surface area contributed by atoms with Crippen molar-refractivity contribution in [1.82, 2.24) is 0 Å². The molecule has 1 fully saturated rings. The summed E-state index contributed by atoms with van der Waals surface area (Å²) in [6, 6.07) is 0. The average Bonchev–Trinajstić information content (AvgIpc) is 2.32. The predicted octanol–water partition coefficient (Wildman–Crippen LogP) is 1.02. The van der Waals surface area contributed by atoms with E-state index in [2.05, 4.69) is 13.8 Å². The fourth-order valence-electron chi connectivity index (χ4n) is 1.79. The van der Waals surface area contributed by atoms with Crippen LogP contribution >= 0.6 is 24.8 Å². The van der Waals surface area contributed by atoms with Gasteiger partial charge in [-0.2, -0.15) is 0 Å². The van der Waals surface area contributed by atoms with Crippen molar-refractivity contribution in [1.29, 1.82) is 0 Å². The van der Waals surface area contributed by atoms with E-state index in [0.29, 0.717) is 17.3 Å². The van der Waals surface area contributed by atoms with Gasteiger partial charge in [0, 0.05) is 0 Å². The zero-order valence-electron chi connectivity index (χ0n) is 7.04. The van der Waals surface area contributed by atoms with Gasteiger partial charge in [-0.15, -0.1) is 24.8 Å². The van der Waals surface area contributed by atoms with Crippen molar-refractivity contribution in [2.45, 2.75) is 13.8 Å². The molecule has 0 aromatic rings. The standard InChI is InChI=1S/C7H16N2.2ClH/c1-7(2)5(3-8)6(7)4-9;;/h5-6H,3-4,8-9H2,1-2H3;2*1H/t5-,6-;;/m1../s1. The lowest BCUT2D eigenvalue weighted by Gasteiger charge is -1.97. The summed E-state index contributed by atoms with van der Waals surface area (Å²) in [7, 11) is 0. The lowest BCUT2D eigenvalue weighted by molar-refractivity contribution is 0.540. The van der Waals surface area contributed by atoms with Crippen LogP contribution in [0.25, 0.3) is 0 Å². The van der Waals surface area contributed by atoms with Crippen LogP contribution in [-0.4, -0.2) is 13.1 Å². The SMILES string of the molecule is CC1(C)[C@H](CN)[C@H]1CN.Cl.Cl. The highest BCUT2D eigenvalue weighted by Crippen LogP contribution is 2.56. The Hall–Kier alpha value is 0.500. The van der Waals surface area contributed by atoms with Gasteiger partial charge in [0.2, 0.25) is 0 Å². The zero-order valence-corrected chi connectivity index (χ0v) is 8.67. The van der Waals surface area contributed by atoms with Crippen molar-refractivity contribution in [2.75, 3.05) is 13.1 Å². The molecule has 70 valence electrons. The normalized spacial score (nSPS) is 31.6. The molecule has 0 spiro atoms. The molecule has 0 heterocycles. The maximum atomic E-state index is 5.52. The highest BCUT2D eigenvalue weighted by molar-refractivity contribution is 5.85. The van der Waals surface area contributed by atoms with E-state index >= 15 is 0 Å². The van der Waals surface area contributed by atoms with Crippen molar-refractivity contribution in [3.63, 3.8) is 0 Å². The van der Waals surface area contributed by atoms with Crippen molar-refractivity contribution in [3.05, 3.63) is 0 Å². The van der Waals surface area contributed by atoms with Crippen LogP contribution in [0.3, 0.4) is 0 Å². The van der Waals surface area contributed by atoms with Crippen LogP contribution in [0.2, 0.25) is 0 Å². The lowest BCUT2D eigenvalue weighted by atomic mass is 10.1. The van der Waals surface area contributed by atoms with Crippen LogP contribution in [0, 0.1) is 17.3 Å². The Morgan fingerprint density at radius 1 is 1.00 bits per heavy atom. The number of hydrogen-bond acceptors (Lipinski definition) is 2. The Balaban J connectivity index is 0.